The maximum absolute atomic E-state index is 12.9. The standard InChI is InChI=1S/C22H23N5O3/c1-14-8-9-15(22(2)25-21(30-26-22)18-6-5-11-29-18)12-16(14)24-20(28)17-13-23-19-7-3-4-10-27(17)19/h3-4,7-10,12-13,18,26H,5-6,11H2,1-2H3,(H,24,28)/t18-,22?/m1/s1. The number of rotatable bonds is 4. The lowest BCUT2D eigenvalue weighted by atomic mass is 10.00. The van der Waals surface area contributed by atoms with Crippen LogP contribution < -0.4 is 10.8 Å². The number of nitrogens with one attached hydrogen (secondary N) is 2. The molecule has 0 saturated carbocycles. The normalized spacial score (nSPS) is 23.4. The lowest BCUT2D eigenvalue weighted by molar-refractivity contribution is 0.0910. The maximum Gasteiger partial charge on any atom is 0.274 e. The summed E-state index contributed by atoms with van der Waals surface area (Å²) in [4.78, 5) is 27.6. The zero-order chi connectivity index (χ0) is 20.7. The third-order valence-electron chi connectivity index (χ3n) is 5.59. The number of aryl methyl sites for hydroxylation is 1. The minimum Gasteiger partial charge on any atom is -0.388 e. The first-order chi connectivity index (χ1) is 14.5. The number of amides is 1. The van der Waals surface area contributed by atoms with Crippen LogP contribution in [0.2, 0.25) is 0 Å². The zero-order valence-corrected chi connectivity index (χ0v) is 16.9. The van der Waals surface area contributed by atoms with Crippen molar-refractivity contribution >= 4 is 23.1 Å². The Balaban J connectivity index is 1.42. The van der Waals surface area contributed by atoms with Gasteiger partial charge in [-0.25, -0.2) is 9.98 Å². The van der Waals surface area contributed by atoms with Crippen LogP contribution in [0.5, 0.6) is 0 Å². The van der Waals surface area contributed by atoms with E-state index in [2.05, 4.69) is 15.8 Å². The van der Waals surface area contributed by atoms with Crippen LogP contribution in [0.4, 0.5) is 5.69 Å². The first kappa shape index (κ1) is 18.8. The van der Waals surface area contributed by atoms with Crippen molar-refractivity contribution in [2.75, 3.05) is 11.9 Å². The number of hydrogen-bond donors (Lipinski definition) is 2. The highest BCUT2D eigenvalue weighted by atomic mass is 16.7. The van der Waals surface area contributed by atoms with E-state index in [0.717, 1.165) is 36.2 Å². The molecule has 1 saturated heterocycles. The van der Waals surface area contributed by atoms with Gasteiger partial charge >= 0.3 is 0 Å². The van der Waals surface area contributed by atoms with Crippen molar-refractivity contribution in [1.82, 2.24) is 14.9 Å². The lowest BCUT2D eigenvalue weighted by Gasteiger charge is -2.21. The molecule has 1 unspecified atom stereocenters. The number of carbonyl (C=O) groups is 1. The molecule has 8 heteroatoms. The largest absolute Gasteiger partial charge is 0.388 e. The fourth-order valence-electron chi connectivity index (χ4n) is 3.80. The summed E-state index contributed by atoms with van der Waals surface area (Å²) in [6.45, 7) is 4.62. The minimum absolute atomic E-state index is 0.0981. The van der Waals surface area contributed by atoms with E-state index in [1.54, 1.807) is 10.6 Å². The van der Waals surface area contributed by atoms with Crippen molar-refractivity contribution in [3.05, 3.63) is 65.6 Å². The molecule has 8 nitrogen and oxygen atoms in total. The Morgan fingerprint density at radius 2 is 2.23 bits per heavy atom. The second-order valence-electron chi connectivity index (χ2n) is 7.78. The van der Waals surface area contributed by atoms with Crippen LogP contribution in [-0.4, -0.2) is 33.9 Å². The van der Waals surface area contributed by atoms with Crippen LogP contribution in [0.25, 0.3) is 5.65 Å². The minimum atomic E-state index is -0.752. The van der Waals surface area contributed by atoms with Crippen molar-refractivity contribution < 1.29 is 14.4 Å². The van der Waals surface area contributed by atoms with Crippen LogP contribution in [0, 0.1) is 6.92 Å². The topological polar surface area (TPSA) is 89.2 Å². The Kier molecular flexibility index (Phi) is 4.52. The molecule has 3 aromatic rings. The zero-order valence-electron chi connectivity index (χ0n) is 16.9. The van der Waals surface area contributed by atoms with Gasteiger partial charge < -0.3 is 14.9 Å². The van der Waals surface area contributed by atoms with E-state index >= 15 is 0 Å². The molecule has 0 spiro atoms. The second-order valence-corrected chi connectivity index (χ2v) is 7.78. The average Bonchev–Trinajstić information content (AvgIpc) is 3.49. The number of fused-ring (bicyclic) bond motifs is 1. The average molecular weight is 405 g/mol. The number of aromatic nitrogens is 2. The molecule has 0 aliphatic carbocycles. The highest BCUT2D eigenvalue weighted by molar-refractivity contribution is 6.04. The molecule has 2 aromatic heterocycles. The molecule has 2 N–H and O–H groups in total. The molecule has 2 atom stereocenters. The van der Waals surface area contributed by atoms with Gasteiger partial charge in [-0.3, -0.25) is 9.20 Å². The monoisotopic (exact) mass is 405 g/mol. The summed E-state index contributed by atoms with van der Waals surface area (Å²) in [6, 6.07) is 11.5. The summed E-state index contributed by atoms with van der Waals surface area (Å²) in [5.41, 5.74) is 6.02. The van der Waals surface area contributed by atoms with Crippen molar-refractivity contribution in [3.63, 3.8) is 0 Å². The molecule has 154 valence electrons. The van der Waals surface area contributed by atoms with Crippen LogP contribution in [0.15, 0.2) is 53.8 Å². The third-order valence-corrected chi connectivity index (χ3v) is 5.59. The van der Waals surface area contributed by atoms with Crippen LogP contribution in [0.1, 0.15) is 41.4 Å². The molecule has 1 aromatic carbocycles. The number of carbonyl (C=O) groups excluding carboxylic acids is 1. The van der Waals surface area contributed by atoms with Crippen LogP contribution in [-0.2, 0) is 15.2 Å². The number of hydrogen-bond acceptors (Lipinski definition) is 6. The Bertz CT molecular complexity index is 1150. The molecule has 1 fully saturated rings. The van der Waals surface area contributed by atoms with Gasteiger partial charge in [0.15, 0.2) is 5.66 Å². The highest BCUT2D eigenvalue weighted by Crippen LogP contribution is 2.32. The predicted molar refractivity (Wildman–Crippen MR) is 112 cm³/mol. The molecule has 1 amide bonds. The molecule has 30 heavy (non-hydrogen) atoms. The summed E-state index contributed by atoms with van der Waals surface area (Å²) in [7, 11) is 0. The van der Waals surface area contributed by atoms with Gasteiger partial charge in [0.2, 0.25) is 5.90 Å². The van der Waals surface area contributed by atoms with Crippen molar-refractivity contribution in [2.24, 2.45) is 4.99 Å². The van der Waals surface area contributed by atoms with E-state index in [1.165, 1.54) is 0 Å². The summed E-state index contributed by atoms with van der Waals surface area (Å²) < 4.78 is 7.44. The summed E-state index contributed by atoms with van der Waals surface area (Å²) in [5, 5.41) is 3.01. The number of aliphatic imine (C=N–C) groups is 1. The molecular weight excluding hydrogens is 382 g/mol. The number of imidazole rings is 1. The van der Waals surface area contributed by atoms with Gasteiger partial charge in [-0.15, -0.1) is 5.48 Å². The fraction of sp³-hybridized carbons (Fsp3) is 0.318. The molecular formula is C22H23N5O3. The summed E-state index contributed by atoms with van der Waals surface area (Å²) >= 11 is 0. The Hall–Kier alpha value is -3.23. The van der Waals surface area contributed by atoms with Crippen molar-refractivity contribution in [1.29, 1.82) is 0 Å². The summed E-state index contributed by atoms with van der Waals surface area (Å²) in [6.07, 6.45) is 5.22. The van der Waals surface area contributed by atoms with Gasteiger partial charge in [-0.05, 0) is 56.0 Å². The first-order valence-electron chi connectivity index (χ1n) is 10.0. The SMILES string of the molecule is Cc1ccc(C2(C)N=C([C@H]3CCCO3)ON2)cc1NC(=O)c1cnc2ccccn12. The second kappa shape index (κ2) is 7.23. The molecule has 0 bridgehead atoms. The van der Waals surface area contributed by atoms with Gasteiger partial charge in [0, 0.05) is 18.5 Å². The fourth-order valence-corrected chi connectivity index (χ4v) is 3.80. The molecule has 0 radical (unpaired) electrons. The number of ether oxygens (including phenoxy) is 1. The number of benzene rings is 1. The smallest absolute Gasteiger partial charge is 0.274 e. The number of hydroxylamine groups is 1. The van der Waals surface area contributed by atoms with Crippen LogP contribution in [0.3, 0.4) is 0 Å². The van der Waals surface area contributed by atoms with Crippen LogP contribution >= 0.6 is 0 Å². The van der Waals surface area contributed by atoms with E-state index in [9.17, 15) is 4.79 Å². The predicted octanol–water partition coefficient (Wildman–Crippen LogP) is 3.18. The number of pyridine rings is 1. The van der Waals surface area contributed by atoms with Crippen molar-refractivity contribution in [2.45, 2.75) is 38.5 Å². The van der Waals surface area contributed by atoms with E-state index in [-0.39, 0.29) is 12.0 Å². The Labute approximate surface area is 173 Å². The van der Waals surface area contributed by atoms with Gasteiger partial charge in [0.05, 0.1) is 6.20 Å². The number of anilines is 1. The van der Waals surface area contributed by atoms with E-state index in [4.69, 9.17) is 14.6 Å². The quantitative estimate of drug-likeness (QED) is 0.696. The van der Waals surface area contributed by atoms with Gasteiger partial charge in [-0.1, -0.05) is 18.2 Å². The van der Waals surface area contributed by atoms with Gasteiger partial charge in [-0.2, -0.15) is 0 Å². The first-order valence-corrected chi connectivity index (χ1v) is 10.0. The molecule has 5 rings (SSSR count). The maximum atomic E-state index is 12.9. The molecule has 2 aliphatic rings. The van der Waals surface area contributed by atoms with E-state index in [0.29, 0.717) is 17.3 Å². The molecule has 4 heterocycles. The number of nitrogens with zero attached hydrogens (tertiary/aromatic N) is 3. The molecule has 2 aliphatic heterocycles. The van der Waals surface area contributed by atoms with E-state index in [1.807, 2.05) is 56.4 Å². The highest BCUT2D eigenvalue weighted by Gasteiger charge is 2.38. The Morgan fingerprint density at radius 1 is 1.33 bits per heavy atom. The van der Waals surface area contributed by atoms with Crippen molar-refractivity contribution in [3.8, 4) is 0 Å². The third kappa shape index (κ3) is 3.24. The van der Waals surface area contributed by atoms with Gasteiger partial charge in [0.1, 0.15) is 17.4 Å². The summed E-state index contributed by atoms with van der Waals surface area (Å²) in [5.74, 6) is 0.352. The van der Waals surface area contributed by atoms with Gasteiger partial charge in [0.25, 0.3) is 5.91 Å². The lowest BCUT2D eigenvalue weighted by Crippen LogP contribution is -2.33. The van der Waals surface area contributed by atoms with E-state index < -0.39 is 5.66 Å². The Morgan fingerprint density at radius 3 is 3.07 bits per heavy atom.